The van der Waals surface area contributed by atoms with Gasteiger partial charge in [-0.05, 0) is 24.9 Å². The van der Waals surface area contributed by atoms with Gasteiger partial charge in [-0.3, -0.25) is 4.99 Å². The molecular weight excluding hydrogens is 160 g/mol. The van der Waals surface area contributed by atoms with Gasteiger partial charge in [-0.25, -0.2) is 0 Å². The summed E-state index contributed by atoms with van der Waals surface area (Å²) < 4.78 is 0. The number of hydrogen-bond acceptors (Lipinski definition) is 2. The SMILES string of the molecule is C=Cc1cc(N)ccc1N=C.CC. The molecule has 0 saturated carbocycles. The Morgan fingerprint density at radius 1 is 1.38 bits per heavy atom. The van der Waals surface area contributed by atoms with Gasteiger partial charge in [0.2, 0.25) is 0 Å². The summed E-state index contributed by atoms with van der Waals surface area (Å²) in [4.78, 5) is 3.81. The predicted molar refractivity (Wildman–Crippen MR) is 61.5 cm³/mol. The molecule has 0 unspecified atom stereocenters. The lowest BCUT2D eigenvalue weighted by Gasteiger charge is -1.99. The Morgan fingerprint density at radius 2 is 2.00 bits per heavy atom. The Balaban J connectivity index is 0.000000671. The number of nitrogens with two attached hydrogens (primary N) is 1. The molecule has 13 heavy (non-hydrogen) atoms. The van der Waals surface area contributed by atoms with Gasteiger partial charge in [-0.15, -0.1) is 0 Å². The molecule has 0 heterocycles. The fourth-order valence-electron chi connectivity index (χ4n) is 0.880. The van der Waals surface area contributed by atoms with Crippen molar-refractivity contribution in [3.63, 3.8) is 0 Å². The maximum absolute atomic E-state index is 5.55. The molecule has 1 aromatic carbocycles. The Kier molecular flexibility index (Phi) is 5.28. The Bertz CT molecular complexity index is 290. The van der Waals surface area contributed by atoms with E-state index in [4.69, 9.17) is 5.73 Å². The van der Waals surface area contributed by atoms with Gasteiger partial charge < -0.3 is 5.73 Å². The number of aliphatic imine (C=N–C) groups is 1. The van der Waals surface area contributed by atoms with E-state index in [0.717, 1.165) is 11.3 Å². The minimum absolute atomic E-state index is 0.715. The van der Waals surface area contributed by atoms with Crippen molar-refractivity contribution >= 4 is 24.2 Å². The molecular formula is C11H16N2. The van der Waals surface area contributed by atoms with Crippen LogP contribution in [0.25, 0.3) is 6.08 Å². The smallest absolute Gasteiger partial charge is 0.0696 e. The molecule has 0 atom stereocenters. The van der Waals surface area contributed by atoms with Gasteiger partial charge in [-0.1, -0.05) is 26.5 Å². The standard InChI is InChI=1S/C9H10N2.C2H6/c1-3-7-6-8(10)4-5-9(7)11-2;1-2/h3-6H,1-2,10H2;1-2H3. The molecule has 70 valence electrons. The molecule has 2 N–H and O–H groups in total. The zero-order valence-corrected chi connectivity index (χ0v) is 8.25. The van der Waals surface area contributed by atoms with Crippen molar-refractivity contribution in [3.05, 3.63) is 30.3 Å². The Labute approximate surface area is 79.8 Å². The summed E-state index contributed by atoms with van der Waals surface area (Å²) in [5.74, 6) is 0. The van der Waals surface area contributed by atoms with Gasteiger partial charge in [0.15, 0.2) is 0 Å². The van der Waals surface area contributed by atoms with Crippen LogP contribution in [0.3, 0.4) is 0 Å². The molecule has 0 aliphatic heterocycles. The van der Waals surface area contributed by atoms with Crippen LogP contribution in [0.1, 0.15) is 19.4 Å². The largest absolute Gasteiger partial charge is 0.399 e. The fraction of sp³-hybridized carbons (Fsp3) is 0.182. The van der Waals surface area contributed by atoms with Crippen molar-refractivity contribution in [2.45, 2.75) is 13.8 Å². The number of hydrogen-bond donors (Lipinski definition) is 1. The first-order chi connectivity index (χ1) is 6.27. The van der Waals surface area contributed by atoms with E-state index in [1.165, 1.54) is 0 Å². The average Bonchev–Trinajstić information content (AvgIpc) is 2.20. The van der Waals surface area contributed by atoms with E-state index < -0.39 is 0 Å². The van der Waals surface area contributed by atoms with Crippen LogP contribution in [0, 0.1) is 0 Å². The normalized spacial score (nSPS) is 8.15. The summed E-state index contributed by atoms with van der Waals surface area (Å²) in [6, 6.07) is 5.42. The topological polar surface area (TPSA) is 38.4 Å². The van der Waals surface area contributed by atoms with Gasteiger partial charge in [0.1, 0.15) is 0 Å². The number of nitrogen functional groups attached to an aromatic ring is 1. The minimum atomic E-state index is 0.715. The average molecular weight is 176 g/mol. The summed E-state index contributed by atoms with van der Waals surface area (Å²) in [6.45, 7) is 11.1. The van der Waals surface area contributed by atoms with Crippen LogP contribution < -0.4 is 5.73 Å². The minimum Gasteiger partial charge on any atom is -0.399 e. The van der Waals surface area contributed by atoms with Gasteiger partial charge in [0.25, 0.3) is 0 Å². The van der Waals surface area contributed by atoms with Crippen molar-refractivity contribution in [3.8, 4) is 0 Å². The van der Waals surface area contributed by atoms with E-state index in [-0.39, 0.29) is 0 Å². The first kappa shape index (κ1) is 11.4. The van der Waals surface area contributed by atoms with Crippen LogP contribution >= 0.6 is 0 Å². The lowest BCUT2D eigenvalue weighted by atomic mass is 10.1. The zero-order valence-electron chi connectivity index (χ0n) is 8.25. The van der Waals surface area contributed by atoms with Gasteiger partial charge in [0.05, 0.1) is 5.69 Å². The van der Waals surface area contributed by atoms with Crippen molar-refractivity contribution in [1.82, 2.24) is 0 Å². The molecule has 0 spiro atoms. The van der Waals surface area contributed by atoms with Crippen LogP contribution in [0.2, 0.25) is 0 Å². The van der Waals surface area contributed by atoms with Crippen LogP contribution in [0.15, 0.2) is 29.8 Å². The monoisotopic (exact) mass is 176 g/mol. The van der Waals surface area contributed by atoms with Gasteiger partial charge in [-0.2, -0.15) is 0 Å². The third-order valence-corrected chi connectivity index (χ3v) is 1.44. The summed E-state index contributed by atoms with van der Waals surface area (Å²) in [7, 11) is 0. The van der Waals surface area contributed by atoms with E-state index in [2.05, 4.69) is 18.3 Å². The summed E-state index contributed by atoms with van der Waals surface area (Å²) in [5, 5.41) is 0. The number of rotatable bonds is 2. The molecule has 0 radical (unpaired) electrons. The summed E-state index contributed by atoms with van der Waals surface area (Å²) >= 11 is 0. The van der Waals surface area contributed by atoms with Crippen LogP contribution in [-0.2, 0) is 0 Å². The highest BCUT2D eigenvalue weighted by Crippen LogP contribution is 2.21. The quantitative estimate of drug-likeness (QED) is 0.545. The van der Waals surface area contributed by atoms with Crippen molar-refractivity contribution < 1.29 is 0 Å². The maximum atomic E-state index is 5.55. The lowest BCUT2D eigenvalue weighted by molar-refractivity contribution is 1.50. The second-order valence-corrected chi connectivity index (χ2v) is 2.18. The molecule has 0 bridgehead atoms. The van der Waals surface area contributed by atoms with E-state index in [0.29, 0.717) is 5.69 Å². The number of benzene rings is 1. The second kappa shape index (κ2) is 6.00. The molecule has 0 aliphatic carbocycles. The van der Waals surface area contributed by atoms with Crippen molar-refractivity contribution in [2.24, 2.45) is 4.99 Å². The molecule has 2 nitrogen and oxygen atoms in total. The van der Waals surface area contributed by atoms with Crippen molar-refractivity contribution in [1.29, 1.82) is 0 Å². The predicted octanol–water partition coefficient (Wildman–Crippen LogP) is 3.27. The third-order valence-electron chi connectivity index (χ3n) is 1.44. The van der Waals surface area contributed by atoms with E-state index in [1.54, 1.807) is 12.1 Å². The van der Waals surface area contributed by atoms with Crippen LogP contribution in [0.5, 0.6) is 0 Å². The van der Waals surface area contributed by atoms with Crippen LogP contribution in [-0.4, -0.2) is 6.72 Å². The Hall–Kier alpha value is -1.57. The molecule has 0 amide bonds. The van der Waals surface area contributed by atoms with Crippen molar-refractivity contribution in [2.75, 3.05) is 5.73 Å². The molecule has 0 aromatic heterocycles. The highest BCUT2D eigenvalue weighted by molar-refractivity contribution is 5.68. The molecule has 0 aliphatic rings. The highest BCUT2D eigenvalue weighted by Gasteiger charge is 1.95. The van der Waals surface area contributed by atoms with Crippen LogP contribution in [0.4, 0.5) is 11.4 Å². The highest BCUT2D eigenvalue weighted by atomic mass is 14.7. The second-order valence-electron chi connectivity index (χ2n) is 2.18. The van der Waals surface area contributed by atoms with Gasteiger partial charge in [0, 0.05) is 11.3 Å². The third kappa shape index (κ3) is 3.11. The Morgan fingerprint density at radius 3 is 2.46 bits per heavy atom. The van der Waals surface area contributed by atoms with E-state index >= 15 is 0 Å². The fourth-order valence-corrected chi connectivity index (χ4v) is 0.880. The maximum Gasteiger partial charge on any atom is 0.0696 e. The summed E-state index contributed by atoms with van der Waals surface area (Å²) in [6.07, 6.45) is 1.71. The van der Waals surface area contributed by atoms with E-state index in [1.807, 2.05) is 26.0 Å². The first-order valence-corrected chi connectivity index (χ1v) is 4.26. The van der Waals surface area contributed by atoms with Gasteiger partial charge >= 0.3 is 0 Å². The molecule has 1 rings (SSSR count). The lowest BCUT2D eigenvalue weighted by Crippen LogP contribution is -1.84. The van der Waals surface area contributed by atoms with E-state index in [9.17, 15) is 0 Å². The molecule has 0 fully saturated rings. The molecule has 2 heteroatoms. The summed E-state index contributed by atoms with van der Waals surface area (Å²) in [5.41, 5.74) is 7.99. The molecule has 0 saturated heterocycles. The zero-order chi connectivity index (χ0) is 10.3. The molecule has 1 aromatic rings. The number of nitrogens with zero attached hydrogens (tertiary/aromatic N) is 1. The number of anilines is 1. The first-order valence-electron chi connectivity index (χ1n) is 4.26.